The van der Waals surface area contributed by atoms with Gasteiger partial charge in [0.15, 0.2) is 0 Å². The molecule has 0 aliphatic rings. The fourth-order valence-corrected chi connectivity index (χ4v) is 1.58. The summed E-state index contributed by atoms with van der Waals surface area (Å²) in [5.74, 6) is 0. The van der Waals surface area contributed by atoms with Gasteiger partial charge >= 0.3 is 11.8 Å². The number of carboxylic acid groups (broad SMARTS) is 1. The Balaban J connectivity index is 3.14. The lowest BCUT2D eigenvalue weighted by Gasteiger charge is -2.06. The minimum atomic E-state index is -1.57. The van der Waals surface area contributed by atoms with Crippen LogP contribution in [0, 0.1) is 0 Å². The summed E-state index contributed by atoms with van der Waals surface area (Å²) >= 11 is 0. The number of rotatable bonds is 0. The maximum absolute atomic E-state index is 11.7. The van der Waals surface area contributed by atoms with Gasteiger partial charge in [-0.3, -0.25) is 9.36 Å². The van der Waals surface area contributed by atoms with Crippen molar-refractivity contribution in [3.63, 3.8) is 0 Å². The quantitative estimate of drug-likeness (QED) is 0.688. The molecule has 0 bridgehead atoms. The average Bonchev–Trinajstić information content (AvgIpc) is 2.26. The highest BCUT2D eigenvalue weighted by Gasteiger charge is 2.14. The third-order valence-corrected chi connectivity index (χ3v) is 2.37. The van der Waals surface area contributed by atoms with E-state index in [-0.39, 0.29) is 9.95 Å². The number of fused-ring (bicyclic) bond motifs is 1. The molecule has 0 aliphatic heterocycles. The van der Waals surface area contributed by atoms with Gasteiger partial charge in [0.05, 0.1) is 10.9 Å². The molecule has 82 valence electrons. The van der Waals surface area contributed by atoms with Crippen molar-refractivity contribution in [3.8, 4) is 0 Å². The van der Waals surface area contributed by atoms with E-state index in [4.69, 9.17) is 5.11 Å². The molecule has 6 heteroatoms. The monoisotopic (exact) mass is 220 g/mol. The molecular formula is C10H8N2O4. The van der Waals surface area contributed by atoms with Gasteiger partial charge in [0.1, 0.15) is 0 Å². The van der Waals surface area contributed by atoms with E-state index in [1.807, 2.05) is 0 Å². The van der Waals surface area contributed by atoms with Crippen molar-refractivity contribution in [3.05, 3.63) is 45.1 Å². The van der Waals surface area contributed by atoms with Crippen LogP contribution in [0.1, 0.15) is 0 Å². The van der Waals surface area contributed by atoms with Crippen LogP contribution in [0.5, 0.6) is 0 Å². The Morgan fingerprint density at radius 3 is 2.50 bits per heavy atom. The molecule has 16 heavy (non-hydrogen) atoms. The van der Waals surface area contributed by atoms with Crippen LogP contribution >= 0.6 is 0 Å². The second-order valence-corrected chi connectivity index (χ2v) is 3.28. The van der Waals surface area contributed by atoms with E-state index < -0.39 is 17.3 Å². The molecule has 2 rings (SSSR count). The molecule has 0 unspecified atom stereocenters. The molecule has 0 aliphatic carbocycles. The summed E-state index contributed by atoms with van der Waals surface area (Å²) in [7, 11) is 1.42. The zero-order valence-electron chi connectivity index (χ0n) is 8.38. The fourth-order valence-electron chi connectivity index (χ4n) is 1.58. The summed E-state index contributed by atoms with van der Waals surface area (Å²) < 4.78 is 1.33. The van der Waals surface area contributed by atoms with Gasteiger partial charge in [-0.1, -0.05) is 12.1 Å². The first kappa shape index (κ1) is 10.2. The Hall–Kier alpha value is -2.37. The van der Waals surface area contributed by atoms with E-state index in [9.17, 15) is 14.4 Å². The molecule has 0 atom stereocenters. The summed E-state index contributed by atoms with van der Waals surface area (Å²) in [6.07, 6.45) is -1.57. The SMILES string of the molecule is Cn1c(=O)n(C(=O)O)c(=O)c2ccccc21. The lowest BCUT2D eigenvalue weighted by Crippen LogP contribution is -2.42. The average molecular weight is 220 g/mol. The van der Waals surface area contributed by atoms with Gasteiger partial charge in [0.25, 0.3) is 5.56 Å². The van der Waals surface area contributed by atoms with Gasteiger partial charge in [-0.15, -0.1) is 0 Å². The first-order valence-electron chi connectivity index (χ1n) is 4.48. The maximum Gasteiger partial charge on any atom is 0.422 e. The number of carbonyl (C=O) groups is 1. The molecule has 0 saturated carbocycles. The van der Waals surface area contributed by atoms with Crippen molar-refractivity contribution >= 4 is 17.0 Å². The molecule has 0 saturated heterocycles. The molecule has 0 amide bonds. The van der Waals surface area contributed by atoms with Crippen LogP contribution in [0.2, 0.25) is 0 Å². The summed E-state index contributed by atoms with van der Waals surface area (Å²) in [4.78, 5) is 34.1. The summed E-state index contributed by atoms with van der Waals surface area (Å²) in [5, 5.41) is 8.98. The van der Waals surface area contributed by atoms with Crippen molar-refractivity contribution in [1.82, 2.24) is 9.13 Å². The van der Waals surface area contributed by atoms with E-state index in [2.05, 4.69) is 0 Å². The van der Waals surface area contributed by atoms with E-state index in [0.29, 0.717) is 5.52 Å². The Morgan fingerprint density at radius 1 is 1.25 bits per heavy atom. The van der Waals surface area contributed by atoms with Crippen LogP contribution in [0.15, 0.2) is 33.9 Å². The lowest BCUT2D eigenvalue weighted by atomic mass is 10.2. The summed E-state index contributed by atoms with van der Waals surface area (Å²) in [6, 6.07) is 6.35. The van der Waals surface area contributed by atoms with E-state index in [1.54, 1.807) is 18.2 Å². The zero-order chi connectivity index (χ0) is 11.9. The third kappa shape index (κ3) is 1.23. The van der Waals surface area contributed by atoms with Gasteiger partial charge in [-0.05, 0) is 12.1 Å². The number of nitrogens with zero attached hydrogens (tertiary/aromatic N) is 2. The normalized spacial score (nSPS) is 10.6. The minimum absolute atomic E-state index is 0.197. The Kier molecular flexibility index (Phi) is 2.12. The predicted molar refractivity (Wildman–Crippen MR) is 56.9 cm³/mol. The van der Waals surface area contributed by atoms with Crippen molar-refractivity contribution in [2.45, 2.75) is 0 Å². The van der Waals surface area contributed by atoms with E-state index in [1.165, 1.54) is 13.1 Å². The fraction of sp³-hybridized carbons (Fsp3) is 0.100. The second kappa shape index (κ2) is 3.34. The summed E-state index contributed by atoms with van der Waals surface area (Å²) in [6.45, 7) is 0. The second-order valence-electron chi connectivity index (χ2n) is 3.28. The van der Waals surface area contributed by atoms with Gasteiger partial charge in [-0.25, -0.2) is 9.59 Å². The smallest absolute Gasteiger partial charge is 0.422 e. The number of benzene rings is 1. The van der Waals surface area contributed by atoms with Gasteiger partial charge in [0.2, 0.25) is 0 Å². The van der Waals surface area contributed by atoms with Crippen LogP contribution in [-0.4, -0.2) is 20.3 Å². The molecule has 0 spiro atoms. The highest BCUT2D eigenvalue weighted by molar-refractivity contribution is 5.80. The van der Waals surface area contributed by atoms with E-state index in [0.717, 1.165) is 4.57 Å². The molecule has 2 aromatic rings. The van der Waals surface area contributed by atoms with Crippen LogP contribution in [0.3, 0.4) is 0 Å². The Labute approximate surface area is 89.0 Å². The van der Waals surface area contributed by atoms with Crippen LogP contribution < -0.4 is 11.2 Å². The molecule has 0 radical (unpaired) electrons. The van der Waals surface area contributed by atoms with Crippen LogP contribution in [-0.2, 0) is 7.05 Å². The number of hydrogen-bond donors (Lipinski definition) is 1. The van der Waals surface area contributed by atoms with Gasteiger partial charge < -0.3 is 5.11 Å². The van der Waals surface area contributed by atoms with Gasteiger partial charge in [-0.2, -0.15) is 4.57 Å². The number of para-hydroxylation sites is 1. The highest BCUT2D eigenvalue weighted by atomic mass is 16.4. The number of aromatic nitrogens is 2. The zero-order valence-corrected chi connectivity index (χ0v) is 8.38. The van der Waals surface area contributed by atoms with Gasteiger partial charge in [0, 0.05) is 7.05 Å². The summed E-state index contributed by atoms with van der Waals surface area (Å²) in [5.41, 5.74) is -1.27. The number of aryl methyl sites for hydroxylation is 1. The maximum atomic E-state index is 11.7. The molecule has 1 aromatic carbocycles. The molecule has 6 nitrogen and oxygen atoms in total. The highest BCUT2D eigenvalue weighted by Crippen LogP contribution is 2.05. The first-order valence-corrected chi connectivity index (χ1v) is 4.48. The standard InChI is InChI=1S/C10H8N2O4/c1-11-7-5-3-2-4-6(7)8(13)12(9(11)14)10(15)16/h2-5H,1H3,(H,15,16). The van der Waals surface area contributed by atoms with E-state index >= 15 is 0 Å². The van der Waals surface area contributed by atoms with Crippen molar-refractivity contribution in [2.24, 2.45) is 7.05 Å². The van der Waals surface area contributed by atoms with Crippen molar-refractivity contribution in [1.29, 1.82) is 0 Å². The first-order chi connectivity index (χ1) is 7.54. The third-order valence-electron chi connectivity index (χ3n) is 2.37. The molecule has 1 N–H and O–H groups in total. The number of hydrogen-bond acceptors (Lipinski definition) is 3. The Morgan fingerprint density at radius 2 is 1.88 bits per heavy atom. The predicted octanol–water partition coefficient (Wildman–Crippen LogP) is 0.226. The molecule has 1 aromatic heterocycles. The molecular weight excluding hydrogens is 212 g/mol. The van der Waals surface area contributed by atoms with Crippen molar-refractivity contribution < 1.29 is 9.90 Å². The Bertz CT molecular complexity index is 696. The topological polar surface area (TPSA) is 81.3 Å². The largest absolute Gasteiger partial charge is 0.464 e. The minimum Gasteiger partial charge on any atom is -0.464 e. The van der Waals surface area contributed by atoms with Crippen molar-refractivity contribution in [2.75, 3.05) is 0 Å². The van der Waals surface area contributed by atoms with Crippen LogP contribution in [0.25, 0.3) is 10.9 Å². The lowest BCUT2D eigenvalue weighted by molar-refractivity contribution is 0.193. The molecule has 1 heterocycles. The van der Waals surface area contributed by atoms with Crippen LogP contribution in [0.4, 0.5) is 4.79 Å². The molecule has 0 fully saturated rings.